The van der Waals surface area contributed by atoms with Crippen molar-refractivity contribution in [2.24, 2.45) is 5.73 Å². The van der Waals surface area contributed by atoms with E-state index in [4.69, 9.17) is 28.9 Å². The monoisotopic (exact) mass is 293 g/mol. The van der Waals surface area contributed by atoms with Crippen LogP contribution in [0.3, 0.4) is 0 Å². The Balaban J connectivity index is 2.26. The largest absolute Gasteiger partial charge is 0.330 e. The normalized spacial score (nSPS) is 14.1. The lowest BCUT2D eigenvalue weighted by Crippen LogP contribution is -2.18. The predicted molar refractivity (Wildman–Crippen MR) is 83.1 cm³/mol. The second-order valence-corrected chi connectivity index (χ2v) is 5.61. The van der Waals surface area contributed by atoms with Gasteiger partial charge in [-0.25, -0.2) is 0 Å². The van der Waals surface area contributed by atoms with Gasteiger partial charge in [-0.3, -0.25) is 0 Å². The molecule has 0 radical (unpaired) electrons. The Kier molecular flexibility index (Phi) is 4.87. The molecule has 2 unspecified atom stereocenters. The molecule has 2 rings (SSSR count). The van der Waals surface area contributed by atoms with Gasteiger partial charge in [-0.1, -0.05) is 54.4 Å². The summed E-state index contributed by atoms with van der Waals surface area (Å²) in [6, 6.07) is 15.9. The van der Waals surface area contributed by atoms with E-state index >= 15 is 0 Å². The van der Waals surface area contributed by atoms with Crippen molar-refractivity contribution in [1.82, 2.24) is 0 Å². The molecule has 0 heterocycles. The third-order valence-electron chi connectivity index (χ3n) is 3.55. The highest BCUT2D eigenvalue weighted by Crippen LogP contribution is 2.32. The average molecular weight is 294 g/mol. The first-order chi connectivity index (χ1) is 9.11. The lowest BCUT2D eigenvalue weighted by atomic mass is 9.83. The molecule has 0 saturated heterocycles. The van der Waals surface area contributed by atoms with Crippen LogP contribution < -0.4 is 5.73 Å². The Morgan fingerprint density at radius 1 is 0.842 bits per heavy atom. The first-order valence-corrected chi connectivity index (χ1v) is 7.08. The van der Waals surface area contributed by atoms with Gasteiger partial charge in [-0.15, -0.1) is 0 Å². The van der Waals surface area contributed by atoms with E-state index in [2.05, 4.69) is 19.1 Å². The van der Waals surface area contributed by atoms with Gasteiger partial charge in [0.2, 0.25) is 0 Å². The Morgan fingerprint density at radius 3 is 1.68 bits per heavy atom. The summed E-state index contributed by atoms with van der Waals surface area (Å²) in [6.45, 7) is 2.79. The number of benzene rings is 2. The molecule has 2 atom stereocenters. The molecule has 19 heavy (non-hydrogen) atoms. The van der Waals surface area contributed by atoms with Gasteiger partial charge < -0.3 is 5.73 Å². The summed E-state index contributed by atoms with van der Waals surface area (Å²) in [6.07, 6.45) is 0. The molecule has 0 aliphatic carbocycles. The van der Waals surface area contributed by atoms with Crippen LogP contribution in [0.4, 0.5) is 0 Å². The highest BCUT2D eigenvalue weighted by Gasteiger charge is 2.19. The second-order valence-electron chi connectivity index (χ2n) is 4.73. The standard InChI is InChI=1S/C16H17Cl2N/c1-11(12-2-6-14(17)7-3-12)16(10-19)13-4-8-15(18)9-5-13/h2-9,11,16H,10,19H2,1H3. The van der Waals surface area contributed by atoms with E-state index in [0.29, 0.717) is 12.5 Å². The molecule has 0 aliphatic heterocycles. The van der Waals surface area contributed by atoms with E-state index in [-0.39, 0.29) is 5.92 Å². The van der Waals surface area contributed by atoms with Crippen LogP contribution in [0, 0.1) is 0 Å². The molecule has 2 N–H and O–H groups in total. The zero-order chi connectivity index (χ0) is 13.8. The van der Waals surface area contributed by atoms with Crippen LogP contribution in [0.15, 0.2) is 48.5 Å². The SMILES string of the molecule is CC(c1ccc(Cl)cc1)C(CN)c1ccc(Cl)cc1. The Labute approximate surface area is 124 Å². The lowest BCUT2D eigenvalue weighted by molar-refractivity contribution is 0.584. The predicted octanol–water partition coefficient (Wildman–Crippen LogP) is 4.84. The fourth-order valence-electron chi connectivity index (χ4n) is 2.34. The van der Waals surface area contributed by atoms with Crippen LogP contribution in [0.2, 0.25) is 10.0 Å². The topological polar surface area (TPSA) is 26.0 Å². The van der Waals surface area contributed by atoms with E-state index in [1.165, 1.54) is 11.1 Å². The number of rotatable bonds is 4. The fourth-order valence-corrected chi connectivity index (χ4v) is 2.59. The quantitative estimate of drug-likeness (QED) is 0.858. The third kappa shape index (κ3) is 3.50. The summed E-state index contributed by atoms with van der Waals surface area (Å²) < 4.78 is 0. The van der Waals surface area contributed by atoms with Gasteiger partial charge in [0.25, 0.3) is 0 Å². The molecule has 0 saturated carbocycles. The van der Waals surface area contributed by atoms with Crippen LogP contribution in [-0.2, 0) is 0 Å². The third-order valence-corrected chi connectivity index (χ3v) is 4.06. The Morgan fingerprint density at radius 2 is 1.26 bits per heavy atom. The van der Waals surface area contributed by atoms with Crippen molar-refractivity contribution in [3.63, 3.8) is 0 Å². The number of hydrogen-bond donors (Lipinski definition) is 1. The highest BCUT2D eigenvalue weighted by atomic mass is 35.5. The maximum atomic E-state index is 5.95. The zero-order valence-electron chi connectivity index (χ0n) is 10.8. The zero-order valence-corrected chi connectivity index (χ0v) is 12.3. The maximum absolute atomic E-state index is 5.95. The van der Waals surface area contributed by atoms with Crippen LogP contribution in [0.5, 0.6) is 0 Å². The number of hydrogen-bond acceptors (Lipinski definition) is 1. The molecule has 0 aromatic heterocycles. The summed E-state index contributed by atoms with van der Waals surface area (Å²) in [4.78, 5) is 0. The molecule has 0 bridgehead atoms. The molecule has 0 amide bonds. The van der Waals surface area contributed by atoms with E-state index in [1.54, 1.807) is 0 Å². The van der Waals surface area contributed by atoms with Crippen molar-refractivity contribution >= 4 is 23.2 Å². The van der Waals surface area contributed by atoms with Gasteiger partial charge in [-0.2, -0.15) is 0 Å². The summed E-state index contributed by atoms with van der Waals surface area (Å²) in [5, 5.41) is 1.51. The summed E-state index contributed by atoms with van der Waals surface area (Å²) in [5.74, 6) is 0.613. The van der Waals surface area contributed by atoms with Crippen LogP contribution in [0.1, 0.15) is 29.9 Å². The number of halogens is 2. The van der Waals surface area contributed by atoms with Crippen LogP contribution in [-0.4, -0.2) is 6.54 Å². The highest BCUT2D eigenvalue weighted by molar-refractivity contribution is 6.30. The van der Waals surface area contributed by atoms with Gasteiger partial charge in [0.1, 0.15) is 0 Å². The molecule has 3 heteroatoms. The number of nitrogens with two attached hydrogens (primary N) is 1. The molecule has 0 spiro atoms. The lowest BCUT2D eigenvalue weighted by Gasteiger charge is -2.23. The van der Waals surface area contributed by atoms with Crippen molar-refractivity contribution in [2.75, 3.05) is 6.54 Å². The molecule has 1 nitrogen and oxygen atoms in total. The van der Waals surface area contributed by atoms with E-state index < -0.39 is 0 Å². The molecular weight excluding hydrogens is 277 g/mol. The van der Waals surface area contributed by atoms with Crippen LogP contribution in [0.25, 0.3) is 0 Å². The van der Waals surface area contributed by atoms with Gasteiger partial charge in [-0.05, 0) is 47.9 Å². The summed E-state index contributed by atoms with van der Waals surface area (Å²) in [5.41, 5.74) is 8.41. The summed E-state index contributed by atoms with van der Waals surface area (Å²) in [7, 11) is 0. The molecule has 0 fully saturated rings. The summed E-state index contributed by atoms with van der Waals surface area (Å²) >= 11 is 11.9. The minimum atomic E-state index is 0.276. The van der Waals surface area contributed by atoms with Gasteiger partial charge >= 0.3 is 0 Å². The van der Waals surface area contributed by atoms with Crippen molar-refractivity contribution in [1.29, 1.82) is 0 Å². The fraction of sp³-hybridized carbons (Fsp3) is 0.250. The average Bonchev–Trinajstić information content (AvgIpc) is 2.42. The van der Waals surface area contributed by atoms with Crippen molar-refractivity contribution in [2.45, 2.75) is 18.8 Å². The van der Waals surface area contributed by atoms with Crippen LogP contribution >= 0.6 is 23.2 Å². The Bertz CT molecular complexity index is 519. The van der Waals surface area contributed by atoms with Gasteiger partial charge in [0.05, 0.1) is 0 Å². The first kappa shape index (κ1) is 14.4. The van der Waals surface area contributed by atoms with Gasteiger partial charge in [0.15, 0.2) is 0 Å². The minimum Gasteiger partial charge on any atom is -0.330 e. The van der Waals surface area contributed by atoms with Crippen molar-refractivity contribution in [3.05, 3.63) is 69.7 Å². The molecule has 100 valence electrons. The second kappa shape index (κ2) is 6.42. The van der Waals surface area contributed by atoms with Crippen molar-refractivity contribution < 1.29 is 0 Å². The molecule has 2 aromatic carbocycles. The van der Waals surface area contributed by atoms with Gasteiger partial charge in [0, 0.05) is 16.0 Å². The molecular formula is C16H17Cl2N. The maximum Gasteiger partial charge on any atom is 0.0406 e. The minimum absolute atomic E-state index is 0.276. The van der Waals surface area contributed by atoms with Crippen molar-refractivity contribution in [3.8, 4) is 0 Å². The molecule has 2 aromatic rings. The van der Waals surface area contributed by atoms with E-state index in [1.807, 2.05) is 36.4 Å². The first-order valence-electron chi connectivity index (χ1n) is 6.33. The Hall–Kier alpha value is -1.02. The van der Waals surface area contributed by atoms with E-state index in [0.717, 1.165) is 10.0 Å². The van der Waals surface area contributed by atoms with E-state index in [9.17, 15) is 0 Å². The smallest absolute Gasteiger partial charge is 0.0406 e. The molecule has 0 aliphatic rings.